The van der Waals surface area contributed by atoms with E-state index >= 15 is 0 Å². The largest absolute Gasteiger partial charge is 0.384 e. The molecule has 1 fully saturated rings. The van der Waals surface area contributed by atoms with E-state index in [-0.39, 0.29) is 0 Å². The van der Waals surface area contributed by atoms with E-state index in [0.29, 0.717) is 17.8 Å². The minimum atomic E-state index is 0.344. The van der Waals surface area contributed by atoms with Crippen LogP contribution >= 0.6 is 0 Å². The molecule has 0 spiro atoms. The van der Waals surface area contributed by atoms with Crippen LogP contribution in [0.15, 0.2) is 18.3 Å². The van der Waals surface area contributed by atoms with Crippen LogP contribution in [-0.4, -0.2) is 11.0 Å². The van der Waals surface area contributed by atoms with Crippen LogP contribution in [0, 0.1) is 11.8 Å². The lowest BCUT2D eigenvalue weighted by Crippen LogP contribution is -2.44. The molecule has 106 valence electrons. The summed E-state index contributed by atoms with van der Waals surface area (Å²) in [5.74, 6) is 7.92. The fourth-order valence-corrected chi connectivity index (χ4v) is 3.31. The predicted molar refractivity (Wildman–Crippen MR) is 79.2 cm³/mol. The van der Waals surface area contributed by atoms with E-state index in [1.165, 1.54) is 37.7 Å². The molecular weight excluding hydrogens is 236 g/mol. The average Bonchev–Trinajstić information content (AvgIpc) is 2.45. The Morgan fingerprint density at radius 2 is 2.32 bits per heavy atom. The summed E-state index contributed by atoms with van der Waals surface area (Å²) in [5, 5.41) is 0. The monoisotopic (exact) mass is 262 g/mol. The normalized spacial score (nSPS) is 25.2. The number of nitrogens with two attached hydrogens (primary N) is 2. The molecule has 1 aliphatic carbocycles. The number of anilines is 1. The summed E-state index contributed by atoms with van der Waals surface area (Å²) >= 11 is 0. The minimum absolute atomic E-state index is 0.344. The maximum Gasteiger partial charge on any atom is 0.123 e. The first-order chi connectivity index (χ1) is 9.22. The van der Waals surface area contributed by atoms with Gasteiger partial charge in [-0.1, -0.05) is 26.2 Å². The van der Waals surface area contributed by atoms with Crippen molar-refractivity contribution in [3.05, 3.63) is 23.9 Å². The molecule has 5 N–H and O–H groups in total. The minimum Gasteiger partial charge on any atom is -0.384 e. The van der Waals surface area contributed by atoms with Crippen LogP contribution in [0.4, 0.5) is 5.82 Å². The summed E-state index contributed by atoms with van der Waals surface area (Å²) in [6.07, 6.45) is 9.29. The molecule has 1 aromatic rings. The van der Waals surface area contributed by atoms with Crippen molar-refractivity contribution < 1.29 is 0 Å². The highest BCUT2D eigenvalue weighted by Gasteiger charge is 2.27. The van der Waals surface area contributed by atoms with Gasteiger partial charge in [-0.2, -0.15) is 0 Å². The van der Waals surface area contributed by atoms with Crippen LogP contribution in [0.25, 0.3) is 0 Å². The van der Waals surface area contributed by atoms with Gasteiger partial charge in [-0.15, -0.1) is 0 Å². The summed E-state index contributed by atoms with van der Waals surface area (Å²) < 4.78 is 0. The molecule has 4 heteroatoms. The van der Waals surface area contributed by atoms with Gasteiger partial charge in [0.25, 0.3) is 0 Å². The van der Waals surface area contributed by atoms with Crippen molar-refractivity contribution in [2.24, 2.45) is 17.7 Å². The zero-order valence-corrected chi connectivity index (χ0v) is 11.8. The second-order valence-corrected chi connectivity index (χ2v) is 5.77. The predicted octanol–water partition coefficient (Wildman–Crippen LogP) is 2.25. The standard InChI is InChI=1S/C15H26N4/c1-2-11-4-3-5-13(8-11)14(19-17)9-12-6-7-18-15(16)10-12/h6-7,10-11,13-14,19H,2-5,8-9,17H2,1H3,(H2,16,18). The van der Waals surface area contributed by atoms with Crippen molar-refractivity contribution in [1.29, 1.82) is 0 Å². The lowest BCUT2D eigenvalue weighted by molar-refractivity contribution is 0.208. The van der Waals surface area contributed by atoms with Gasteiger partial charge in [0.05, 0.1) is 0 Å². The maximum atomic E-state index is 5.78. The van der Waals surface area contributed by atoms with E-state index in [0.717, 1.165) is 12.3 Å². The van der Waals surface area contributed by atoms with Gasteiger partial charge in [-0.05, 0) is 48.8 Å². The van der Waals surface area contributed by atoms with Crippen molar-refractivity contribution in [2.45, 2.75) is 51.5 Å². The molecule has 0 amide bonds. The third kappa shape index (κ3) is 3.91. The van der Waals surface area contributed by atoms with Crippen molar-refractivity contribution in [2.75, 3.05) is 5.73 Å². The van der Waals surface area contributed by atoms with Gasteiger partial charge in [0.2, 0.25) is 0 Å². The van der Waals surface area contributed by atoms with Gasteiger partial charge in [0.15, 0.2) is 0 Å². The highest BCUT2D eigenvalue weighted by molar-refractivity contribution is 5.32. The van der Waals surface area contributed by atoms with Crippen LogP contribution in [0.2, 0.25) is 0 Å². The zero-order valence-electron chi connectivity index (χ0n) is 11.8. The number of hydrazine groups is 1. The Labute approximate surface area is 115 Å². The molecule has 1 aliphatic rings. The van der Waals surface area contributed by atoms with Crippen LogP contribution < -0.4 is 17.0 Å². The van der Waals surface area contributed by atoms with Gasteiger partial charge in [-0.25, -0.2) is 4.98 Å². The van der Waals surface area contributed by atoms with Crippen LogP contribution in [0.3, 0.4) is 0 Å². The summed E-state index contributed by atoms with van der Waals surface area (Å²) in [5.41, 5.74) is 9.97. The number of aromatic nitrogens is 1. The van der Waals surface area contributed by atoms with Crippen LogP contribution in [0.5, 0.6) is 0 Å². The van der Waals surface area contributed by atoms with E-state index in [1.807, 2.05) is 12.1 Å². The molecular formula is C15H26N4. The van der Waals surface area contributed by atoms with E-state index < -0.39 is 0 Å². The first-order valence-electron chi connectivity index (χ1n) is 7.39. The number of hydrogen-bond donors (Lipinski definition) is 3. The molecule has 0 aromatic carbocycles. The van der Waals surface area contributed by atoms with Crippen molar-refractivity contribution >= 4 is 5.82 Å². The van der Waals surface area contributed by atoms with Gasteiger partial charge in [0, 0.05) is 12.2 Å². The van der Waals surface area contributed by atoms with Gasteiger partial charge in [0.1, 0.15) is 5.82 Å². The number of hydrogen-bond acceptors (Lipinski definition) is 4. The lowest BCUT2D eigenvalue weighted by atomic mass is 9.76. The average molecular weight is 262 g/mol. The number of nitrogen functional groups attached to an aromatic ring is 1. The molecule has 3 atom stereocenters. The fourth-order valence-electron chi connectivity index (χ4n) is 3.31. The molecule has 0 aliphatic heterocycles. The first kappa shape index (κ1) is 14.3. The number of nitrogens with zero attached hydrogens (tertiary/aromatic N) is 1. The molecule has 1 aromatic heterocycles. The lowest BCUT2D eigenvalue weighted by Gasteiger charge is -2.34. The molecule has 0 radical (unpaired) electrons. The molecule has 0 bridgehead atoms. The summed E-state index contributed by atoms with van der Waals surface area (Å²) in [6.45, 7) is 2.29. The van der Waals surface area contributed by atoms with E-state index in [2.05, 4.69) is 17.3 Å². The summed E-state index contributed by atoms with van der Waals surface area (Å²) in [7, 11) is 0. The Morgan fingerprint density at radius 3 is 3.00 bits per heavy atom. The Morgan fingerprint density at radius 1 is 1.47 bits per heavy atom. The summed E-state index contributed by atoms with van der Waals surface area (Å²) in [4.78, 5) is 4.04. The van der Waals surface area contributed by atoms with Crippen LogP contribution in [0.1, 0.15) is 44.6 Å². The van der Waals surface area contributed by atoms with Crippen molar-refractivity contribution in [3.63, 3.8) is 0 Å². The Balaban J connectivity index is 1.99. The van der Waals surface area contributed by atoms with Gasteiger partial charge in [-0.3, -0.25) is 11.3 Å². The molecule has 1 saturated carbocycles. The highest BCUT2D eigenvalue weighted by atomic mass is 15.2. The smallest absolute Gasteiger partial charge is 0.123 e. The second kappa shape index (κ2) is 6.87. The number of nitrogens with one attached hydrogen (secondary N) is 1. The Kier molecular flexibility index (Phi) is 5.16. The second-order valence-electron chi connectivity index (χ2n) is 5.77. The van der Waals surface area contributed by atoms with E-state index in [1.54, 1.807) is 6.20 Å². The Bertz CT molecular complexity index is 393. The van der Waals surface area contributed by atoms with Crippen molar-refractivity contribution in [1.82, 2.24) is 10.4 Å². The third-order valence-electron chi connectivity index (χ3n) is 4.48. The number of rotatable bonds is 5. The maximum absolute atomic E-state index is 5.78. The molecule has 0 saturated heterocycles. The zero-order chi connectivity index (χ0) is 13.7. The van der Waals surface area contributed by atoms with Gasteiger partial charge >= 0.3 is 0 Å². The molecule has 2 rings (SSSR count). The summed E-state index contributed by atoms with van der Waals surface area (Å²) in [6, 6.07) is 4.32. The first-order valence-corrected chi connectivity index (χ1v) is 7.39. The van der Waals surface area contributed by atoms with E-state index in [4.69, 9.17) is 11.6 Å². The molecule has 3 unspecified atom stereocenters. The quantitative estimate of drug-likeness (QED) is 0.562. The van der Waals surface area contributed by atoms with E-state index in [9.17, 15) is 0 Å². The molecule has 19 heavy (non-hydrogen) atoms. The topological polar surface area (TPSA) is 77.0 Å². The van der Waals surface area contributed by atoms with Crippen LogP contribution in [-0.2, 0) is 6.42 Å². The third-order valence-corrected chi connectivity index (χ3v) is 4.48. The Hall–Kier alpha value is -1.13. The molecule has 4 nitrogen and oxygen atoms in total. The number of pyridine rings is 1. The molecule has 1 heterocycles. The highest BCUT2D eigenvalue weighted by Crippen LogP contribution is 2.33. The fraction of sp³-hybridized carbons (Fsp3) is 0.667. The van der Waals surface area contributed by atoms with Crippen molar-refractivity contribution in [3.8, 4) is 0 Å². The van der Waals surface area contributed by atoms with Gasteiger partial charge < -0.3 is 5.73 Å². The SMILES string of the molecule is CCC1CCCC(C(Cc2ccnc(N)c2)NN)C1.